The molecule has 8 heteroatoms. The van der Waals surface area contributed by atoms with Gasteiger partial charge in [-0.1, -0.05) is 41.4 Å². The number of carbonyl (C=O) groups excluding carboxylic acids is 1. The maximum absolute atomic E-state index is 12.3. The number of nitrogens with one attached hydrogen (secondary N) is 2. The van der Waals surface area contributed by atoms with Crippen LogP contribution in [0.1, 0.15) is 0 Å². The molecule has 1 heterocycles. The minimum absolute atomic E-state index is 0.204. The van der Waals surface area contributed by atoms with Gasteiger partial charge in [0.25, 0.3) is 0 Å². The van der Waals surface area contributed by atoms with Crippen LogP contribution >= 0.6 is 23.2 Å². The molecule has 0 unspecified atom stereocenters. The van der Waals surface area contributed by atoms with Crippen molar-refractivity contribution in [3.8, 4) is 0 Å². The molecule has 122 valence electrons. The molecule has 0 aliphatic rings. The molecule has 3 rings (SSSR count). The Bertz CT molecular complexity index is 1060. The first-order valence-electron chi connectivity index (χ1n) is 6.93. The molecule has 2 N–H and O–H groups in total. The Morgan fingerprint density at radius 2 is 1.83 bits per heavy atom. The third-order valence-corrected chi connectivity index (χ3v) is 4.23. The quantitative estimate of drug-likeness (QED) is 0.701. The Balaban J connectivity index is 1.97. The van der Waals surface area contributed by atoms with Gasteiger partial charge in [-0.3, -0.25) is 19.0 Å². The smallest absolute Gasteiger partial charge is 0.317 e. The van der Waals surface area contributed by atoms with Crippen molar-refractivity contribution in [2.24, 2.45) is 0 Å². The van der Waals surface area contributed by atoms with E-state index in [2.05, 4.69) is 10.3 Å². The first-order valence-corrected chi connectivity index (χ1v) is 7.68. The van der Waals surface area contributed by atoms with E-state index in [1.54, 1.807) is 42.5 Å². The Labute approximate surface area is 145 Å². The highest BCUT2D eigenvalue weighted by molar-refractivity contribution is 6.43. The topological polar surface area (TPSA) is 84.0 Å². The van der Waals surface area contributed by atoms with Crippen LogP contribution in [0.3, 0.4) is 0 Å². The number of halogens is 2. The predicted molar refractivity (Wildman–Crippen MR) is 93.9 cm³/mol. The van der Waals surface area contributed by atoms with Gasteiger partial charge in [-0.2, -0.15) is 0 Å². The number of anilines is 1. The molecule has 1 amide bonds. The van der Waals surface area contributed by atoms with Crippen LogP contribution in [0.4, 0.5) is 5.69 Å². The van der Waals surface area contributed by atoms with Crippen molar-refractivity contribution in [1.29, 1.82) is 0 Å². The fraction of sp³-hybridized carbons (Fsp3) is 0.0625. The molecule has 0 bridgehead atoms. The van der Waals surface area contributed by atoms with Crippen molar-refractivity contribution in [2.75, 3.05) is 5.32 Å². The fourth-order valence-electron chi connectivity index (χ4n) is 2.31. The van der Waals surface area contributed by atoms with Crippen LogP contribution in [0.15, 0.2) is 52.1 Å². The van der Waals surface area contributed by atoms with E-state index in [0.29, 0.717) is 21.7 Å². The second-order valence-corrected chi connectivity index (χ2v) is 5.80. The Hall–Kier alpha value is -2.57. The molecular weight excluding hydrogens is 353 g/mol. The van der Waals surface area contributed by atoms with E-state index in [9.17, 15) is 14.4 Å². The summed E-state index contributed by atoms with van der Waals surface area (Å²) in [4.78, 5) is 38.6. The number of H-pyrrole nitrogens is 1. The van der Waals surface area contributed by atoms with Crippen LogP contribution in [0, 0.1) is 0 Å². The van der Waals surface area contributed by atoms with Gasteiger partial charge in [-0.15, -0.1) is 0 Å². The number of para-hydroxylation sites is 2. The Morgan fingerprint density at radius 3 is 2.62 bits per heavy atom. The van der Waals surface area contributed by atoms with E-state index in [0.717, 1.165) is 4.57 Å². The number of hydrogen-bond acceptors (Lipinski definition) is 3. The Kier molecular flexibility index (Phi) is 4.42. The first kappa shape index (κ1) is 16.3. The van der Waals surface area contributed by atoms with Crippen LogP contribution in [-0.2, 0) is 11.3 Å². The molecule has 0 aliphatic carbocycles. The van der Waals surface area contributed by atoms with E-state index in [1.165, 1.54) is 0 Å². The van der Waals surface area contributed by atoms with E-state index in [4.69, 9.17) is 23.2 Å². The largest absolute Gasteiger partial charge is 0.323 e. The van der Waals surface area contributed by atoms with Crippen LogP contribution < -0.4 is 16.4 Å². The van der Waals surface area contributed by atoms with Crippen molar-refractivity contribution in [3.05, 3.63) is 73.2 Å². The third kappa shape index (κ3) is 3.06. The minimum atomic E-state index is -0.805. The van der Waals surface area contributed by atoms with Crippen molar-refractivity contribution in [3.63, 3.8) is 0 Å². The molecule has 1 aromatic heterocycles. The van der Waals surface area contributed by atoms with Crippen molar-refractivity contribution in [2.45, 2.75) is 6.54 Å². The number of aromatic nitrogens is 2. The van der Waals surface area contributed by atoms with Crippen molar-refractivity contribution >= 4 is 45.8 Å². The second kappa shape index (κ2) is 6.51. The van der Waals surface area contributed by atoms with Crippen LogP contribution in [0.5, 0.6) is 0 Å². The number of rotatable bonds is 3. The van der Waals surface area contributed by atoms with Gasteiger partial charge in [0.1, 0.15) is 6.54 Å². The summed E-state index contributed by atoms with van der Waals surface area (Å²) in [6.07, 6.45) is 0. The SMILES string of the molecule is O=C(Cn1c(=O)c(=O)[nH]c2ccccc21)Nc1cccc(Cl)c1Cl. The lowest BCUT2D eigenvalue weighted by molar-refractivity contribution is -0.116. The number of aromatic amines is 1. The maximum Gasteiger partial charge on any atom is 0.317 e. The van der Waals surface area contributed by atoms with Gasteiger partial charge in [0.2, 0.25) is 5.91 Å². The highest BCUT2D eigenvalue weighted by atomic mass is 35.5. The molecule has 0 atom stereocenters. The van der Waals surface area contributed by atoms with E-state index < -0.39 is 17.0 Å². The first-order chi connectivity index (χ1) is 11.5. The molecule has 3 aromatic rings. The molecular formula is C16H11Cl2N3O3. The van der Waals surface area contributed by atoms with Gasteiger partial charge in [-0.25, -0.2) is 0 Å². The number of carbonyl (C=O) groups is 1. The summed E-state index contributed by atoms with van der Waals surface area (Å²) >= 11 is 11.9. The average Bonchev–Trinajstić information content (AvgIpc) is 2.56. The average molecular weight is 364 g/mol. The molecule has 0 saturated heterocycles. The van der Waals surface area contributed by atoms with Crippen molar-refractivity contribution < 1.29 is 4.79 Å². The summed E-state index contributed by atoms with van der Waals surface area (Å²) in [6.45, 7) is -0.327. The van der Waals surface area contributed by atoms with Gasteiger partial charge in [0.05, 0.1) is 26.8 Å². The summed E-state index contributed by atoms with van der Waals surface area (Å²) in [7, 11) is 0. The van der Waals surface area contributed by atoms with E-state index >= 15 is 0 Å². The minimum Gasteiger partial charge on any atom is -0.323 e. The molecule has 24 heavy (non-hydrogen) atoms. The number of fused-ring (bicyclic) bond motifs is 1. The molecule has 0 radical (unpaired) electrons. The van der Waals surface area contributed by atoms with Crippen LogP contribution in [-0.4, -0.2) is 15.5 Å². The molecule has 0 spiro atoms. The summed E-state index contributed by atoms with van der Waals surface area (Å²) in [5, 5.41) is 3.09. The van der Waals surface area contributed by atoms with Gasteiger partial charge >= 0.3 is 11.1 Å². The summed E-state index contributed by atoms with van der Waals surface area (Å²) < 4.78 is 1.11. The number of benzene rings is 2. The molecule has 0 aliphatic heterocycles. The molecule has 2 aromatic carbocycles. The van der Waals surface area contributed by atoms with E-state index in [1.807, 2.05) is 0 Å². The zero-order chi connectivity index (χ0) is 17.3. The van der Waals surface area contributed by atoms with Crippen LogP contribution in [0.25, 0.3) is 11.0 Å². The monoisotopic (exact) mass is 363 g/mol. The lowest BCUT2D eigenvalue weighted by Gasteiger charge is -2.11. The van der Waals surface area contributed by atoms with Gasteiger partial charge < -0.3 is 10.3 Å². The highest BCUT2D eigenvalue weighted by Gasteiger charge is 2.13. The third-order valence-electron chi connectivity index (χ3n) is 3.41. The van der Waals surface area contributed by atoms with Gasteiger partial charge in [0, 0.05) is 0 Å². The lowest BCUT2D eigenvalue weighted by atomic mass is 10.3. The number of amides is 1. The normalized spacial score (nSPS) is 10.8. The van der Waals surface area contributed by atoms with Gasteiger partial charge in [-0.05, 0) is 24.3 Å². The number of nitrogens with zero attached hydrogens (tertiary/aromatic N) is 1. The lowest BCUT2D eigenvalue weighted by Crippen LogP contribution is -2.38. The Morgan fingerprint density at radius 1 is 1.08 bits per heavy atom. The highest BCUT2D eigenvalue weighted by Crippen LogP contribution is 2.29. The zero-order valence-electron chi connectivity index (χ0n) is 12.2. The van der Waals surface area contributed by atoms with E-state index in [-0.39, 0.29) is 11.6 Å². The molecule has 0 fully saturated rings. The van der Waals surface area contributed by atoms with Crippen LogP contribution in [0.2, 0.25) is 10.0 Å². The number of hydrogen-bond donors (Lipinski definition) is 2. The van der Waals surface area contributed by atoms with Crippen molar-refractivity contribution in [1.82, 2.24) is 9.55 Å². The summed E-state index contributed by atoms with van der Waals surface area (Å²) in [5.74, 6) is -0.503. The molecule has 0 saturated carbocycles. The molecule has 6 nitrogen and oxygen atoms in total. The summed E-state index contributed by atoms with van der Waals surface area (Å²) in [6, 6.07) is 11.5. The maximum atomic E-state index is 12.3. The predicted octanol–water partition coefficient (Wildman–Crippen LogP) is 2.64. The zero-order valence-corrected chi connectivity index (χ0v) is 13.7. The fourth-order valence-corrected chi connectivity index (χ4v) is 2.66. The second-order valence-electron chi connectivity index (χ2n) is 5.01. The standard InChI is InChI=1S/C16H11Cl2N3O3/c17-9-4-3-6-11(14(9)18)19-13(22)8-21-12-7-2-1-5-10(12)20-15(23)16(21)24/h1-7H,8H2,(H,19,22)(H,20,23). The summed E-state index contributed by atoms with van der Waals surface area (Å²) in [5.41, 5.74) is -0.343. The van der Waals surface area contributed by atoms with Gasteiger partial charge in [0.15, 0.2) is 0 Å².